The summed E-state index contributed by atoms with van der Waals surface area (Å²) in [6, 6.07) is 3.91. The Labute approximate surface area is 93.0 Å². The fourth-order valence-corrected chi connectivity index (χ4v) is 2.08. The molecule has 0 aliphatic carbocycles. The first kappa shape index (κ1) is 10.3. The maximum Gasteiger partial charge on any atom is 0.0897 e. The Morgan fingerprint density at radius 3 is 2.73 bits per heavy atom. The molecule has 2 N–H and O–H groups in total. The molecular formula is C11H13N3S. The van der Waals surface area contributed by atoms with Crippen molar-refractivity contribution in [2.45, 2.75) is 19.4 Å². The summed E-state index contributed by atoms with van der Waals surface area (Å²) in [5.41, 5.74) is 8.25. The maximum atomic E-state index is 6.07. The summed E-state index contributed by atoms with van der Waals surface area (Å²) in [6.07, 6.45) is 4.32. The molecule has 0 fully saturated rings. The summed E-state index contributed by atoms with van der Waals surface area (Å²) in [4.78, 5) is 8.37. The SMILES string of the molecule is Cc1nc(CC(N)c2ccncc2)cs1. The van der Waals surface area contributed by atoms with E-state index in [1.165, 1.54) is 0 Å². The lowest BCUT2D eigenvalue weighted by molar-refractivity contribution is 0.707. The zero-order chi connectivity index (χ0) is 10.7. The second kappa shape index (κ2) is 4.51. The molecular weight excluding hydrogens is 206 g/mol. The molecule has 1 unspecified atom stereocenters. The molecule has 0 saturated heterocycles. The monoisotopic (exact) mass is 219 g/mol. The van der Waals surface area contributed by atoms with Gasteiger partial charge in [0.1, 0.15) is 0 Å². The van der Waals surface area contributed by atoms with E-state index in [0.717, 1.165) is 22.7 Å². The Morgan fingerprint density at radius 2 is 2.13 bits per heavy atom. The first-order chi connectivity index (χ1) is 7.25. The average Bonchev–Trinajstić information content (AvgIpc) is 2.65. The molecule has 2 rings (SSSR count). The van der Waals surface area contributed by atoms with Gasteiger partial charge in [0.2, 0.25) is 0 Å². The molecule has 0 aromatic carbocycles. The van der Waals surface area contributed by atoms with Crippen molar-refractivity contribution in [1.82, 2.24) is 9.97 Å². The summed E-state index contributed by atoms with van der Waals surface area (Å²) < 4.78 is 0. The summed E-state index contributed by atoms with van der Waals surface area (Å²) >= 11 is 1.66. The van der Waals surface area contributed by atoms with E-state index in [4.69, 9.17) is 5.73 Å². The van der Waals surface area contributed by atoms with E-state index >= 15 is 0 Å². The zero-order valence-electron chi connectivity index (χ0n) is 8.55. The minimum Gasteiger partial charge on any atom is -0.324 e. The first-order valence-corrected chi connectivity index (χ1v) is 5.70. The van der Waals surface area contributed by atoms with E-state index in [1.54, 1.807) is 23.7 Å². The van der Waals surface area contributed by atoms with Gasteiger partial charge in [-0.15, -0.1) is 11.3 Å². The summed E-state index contributed by atoms with van der Waals surface area (Å²) in [6.45, 7) is 2.01. The second-order valence-electron chi connectivity index (χ2n) is 3.45. The van der Waals surface area contributed by atoms with E-state index < -0.39 is 0 Å². The van der Waals surface area contributed by atoms with Crippen LogP contribution in [0.1, 0.15) is 22.3 Å². The number of rotatable bonds is 3. The molecule has 0 amide bonds. The van der Waals surface area contributed by atoms with Crippen LogP contribution in [0.4, 0.5) is 0 Å². The van der Waals surface area contributed by atoms with Gasteiger partial charge >= 0.3 is 0 Å². The summed E-state index contributed by atoms with van der Waals surface area (Å²) in [5.74, 6) is 0. The van der Waals surface area contributed by atoms with Crippen molar-refractivity contribution in [2.75, 3.05) is 0 Å². The quantitative estimate of drug-likeness (QED) is 0.860. The van der Waals surface area contributed by atoms with Gasteiger partial charge in [-0.1, -0.05) is 0 Å². The smallest absolute Gasteiger partial charge is 0.0897 e. The van der Waals surface area contributed by atoms with E-state index in [1.807, 2.05) is 19.1 Å². The molecule has 0 radical (unpaired) electrons. The molecule has 4 heteroatoms. The molecule has 3 nitrogen and oxygen atoms in total. The average molecular weight is 219 g/mol. The third-order valence-corrected chi connectivity index (χ3v) is 3.05. The summed E-state index contributed by atoms with van der Waals surface area (Å²) in [7, 11) is 0. The van der Waals surface area contributed by atoms with Crippen LogP contribution in [0.25, 0.3) is 0 Å². The van der Waals surface area contributed by atoms with Crippen molar-refractivity contribution >= 4 is 11.3 Å². The molecule has 78 valence electrons. The molecule has 0 aliphatic heterocycles. The van der Waals surface area contributed by atoms with Crippen molar-refractivity contribution in [2.24, 2.45) is 5.73 Å². The summed E-state index contributed by atoms with van der Waals surface area (Å²) in [5, 5.41) is 3.16. The van der Waals surface area contributed by atoms with Gasteiger partial charge in [-0.05, 0) is 24.6 Å². The van der Waals surface area contributed by atoms with Crippen LogP contribution in [-0.2, 0) is 6.42 Å². The number of nitrogens with zero attached hydrogens (tertiary/aromatic N) is 2. The third kappa shape index (κ3) is 2.61. The van der Waals surface area contributed by atoms with Crippen molar-refractivity contribution in [1.29, 1.82) is 0 Å². The Morgan fingerprint density at radius 1 is 1.40 bits per heavy atom. The van der Waals surface area contributed by atoms with Gasteiger partial charge in [0.05, 0.1) is 10.7 Å². The highest BCUT2D eigenvalue weighted by Gasteiger charge is 2.08. The van der Waals surface area contributed by atoms with Gasteiger partial charge in [0, 0.05) is 30.2 Å². The van der Waals surface area contributed by atoms with Crippen molar-refractivity contribution in [3.63, 3.8) is 0 Å². The highest BCUT2D eigenvalue weighted by molar-refractivity contribution is 7.09. The molecule has 2 aromatic rings. The first-order valence-electron chi connectivity index (χ1n) is 4.82. The zero-order valence-corrected chi connectivity index (χ0v) is 9.37. The van der Waals surface area contributed by atoms with E-state index in [-0.39, 0.29) is 6.04 Å². The number of hydrogen-bond donors (Lipinski definition) is 1. The van der Waals surface area contributed by atoms with Gasteiger partial charge in [-0.3, -0.25) is 4.98 Å². The predicted molar refractivity (Wildman–Crippen MR) is 61.7 cm³/mol. The van der Waals surface area contributed by atoms with Gasteiger partial charge < -0.3 is 5.73 Å². The fourth-order valence-electron chi connectivity index (χ4n) is 1.46. The molecule has 2 heterocycles. The lowest BCUT2D eigenvalue weighted by Gasteiger charge is -2.09. The van der Waals surface area contributed by atoms with Gasteiger partial charge in [-0.2, -0.15) is 0 Å². The molecule has 15 heavy (non-hydrogen) atoms. The molecule has 1 atom stereocenters. The standard InChI is InChI=1S/C11H13N3S/c1-8-14-10(7-15-8)6-11(12)9-2-4-13-5-3-9/h2-5,7,11H,6,12H2,1H3. The largest absolute Gasteiger partial charge is 0.324 e. The van der Waals surface area contributed by atoms with Crippen LogP contribution in [-0.4, -0.2) is 9.97 Å². The number of aryl methyl sites for hydroxylation is 1. The lowest BCUT2D eigenvalue weighted by atomic mass is 10.1. The van der Waals surface area contributed by atoms with E-state index in [2.05, 4.69) is 15.3 Å². The van der Waals surface area contributed by atoms with Crippen LogP contribution in [0.5, 0.6) is 0 Å². The normalized spacial score (nSPS) is 12.7. The minimum atomic E-state index is 0.00880. The number of nitrogens with two attached hydrogens (primary N) is 1. The van der Waals surface area contributed by atoms with E-state index in [0.29, 0.717) is 0 Å². The van der Waals surface area contributed by atoms with Gasteiger partial charge in [0.25, 0.3) is 0 Å². The van der Waals surface area contributed by atoms with Crippen LogP contribution in [0, 0.1) is 6.92 Å². The van der Waals surface area contributed by atoms with Crippen molar-refractivity contribution in [3.05, 3.63) is 46.2 Å². The molecule has 0 saturated carbocycles. The Bertz CT molecular complexity index is 424. The maximum absolute atomic E-state index is 6.07. The van der Waals surface area contributed by atoms with Crippen LogP contribution in [0.2, 0.25) is 0 Å². The van der Waals surface area contributed by atoms with E-state index in [9.17, 15) is 0 Å². The third-order valence-electron chi connectivity index (χ3n) is 2.23. The van der Waals surface area contributed by atoms with Crippen LogP contribution >= 0.6 is 11.3 Å². The van der Waals surface area contributed by atoms with Crippen molar-refractivity contribution < 1.29 is 0 Å². The van der Waals surface area contributed by atoms with Crippen LogP contribution in [0.3, 0.4) is 0 Å². The Kier molecular flexibility index (Phi) is 3.08. The number of hydrogen-bond acceptors (Lipinski definition) is 4. The molecule has 2 aromatic heterocycles. The molecule has 0 aliphatic rings. The predicted octanol–water partition coefficient (Wildman–Crippen LogP) is 2.09. The van der Waals surface area contributed by atoms with Gasteiger partial charge in [0.15, 0.2) is 0 Å². The molecule has 0 bridgehead atoms. The van der Waals surface area contributed by atoms with Crippen molar-refractivity contribution in [3.8, 4) is 0 Å². The highest BCUT2D eigenvalue weighted by atomic mass is 32.1. The Hall–Kier alpha value is -1.26. The molecule has 0 spiro atoms. The second-order valence-corrected chi connectivity index (χ2v) is 4.51. The van der Waals surface area contributed by atoms with Crippen LogP contribution < -0.4 is 5.73 Å². The highest BCUT2D eigenvalue weighted by Crippen LogP contribution is 2.16. The number of thiazole rings is 1. The topological polar surface area (TPSA) is 51.8 Å². The Balaban J connectivity index is 2.07. The fraction of sp³-hybridized carbons (Fsp3) is 0.273. The number of pyridine rings is 1. The lowest BCUT2D eigenvalue weighted by Crippen LogP contribution is -2.13. The van der Waals surface area contributed by atoms with Gasteiger partial charge in [-0.25, -0.2) is 4.98 Å². The minimum absolute atomic E-state index is 0.00880. The number of aromatic nitrogens is 2. The van der Waals surface area contributed by atoms with Crippen LogP contribution in [0.15, 0.2) is 29.9 Å².